The number of nitrogens with zero attached hydrogens (tertiary/aromatic N) is 2. The van der Waals surface area contributed by atoms with Crippen LogP contribution in [0.3, 0.4) is 0 Å². The first kappa shape index (κ1) is 35.4. The number of alkyl halides is 3. The van der Waals surface area contributed by atoms with E-state index in [0.29, 0.717) is 0 Å². The second-order valence-corrected chi connectivity index (χ2v) is 13.1. The molecule has 3 unspecified atom stereocenters. The number of nitriles is 1. The number of β-lactam (4-membered cyclic amide) rings is 1. The number of esters is 3. The van der Waals surface area contributed by atoms with Gasteiger partial charge in [0, 0.05) is 17.7 Å². The number of fused-ring (bicyclic) bond motifs is 1. The first-order valence-corrected chi connectivity index (χ1v) is 14.8. The zero-order valence-corrected chi connectivity index (χ0v) is 26.1. The van der Waals surface area contributed by atoms with E-state index in [4.69, 9.17) is 44.3 Å². The molecule has 2 aliphatic heterocycles. The number of benzene rings is 1. The van der Waals surface area contributed by atoms with Gasteiger partial charge in [-0.3, -0.25) is 24.1 Å². The van der Waals surface area contributed by atoms with Gasteiger partial charge in [-0.05, 0) is 18.6 Å². The molecule has 3 rings (SSSR count). The summed E-state index contributed by atoms with van der Waals surface area (Å²) in [4.78, 5) is 86.8. The number of aliphatic carboxylic acids is 1. The fraction of sp³-hybridized carbons (Fsp3) is 0.385. The third-order valence-corrected chi connectivity index (χ3v) is 7.98. The standard InChI is InChI=1S/C26H23Cl3N4O11S/c1-12(34)42-10-15-16(7-14(8-30)23(39)43-11-26(27,28)29)45-21-18(20(36)33(21)19(15)22(37)38)32-17(35)9-31-25(41)44-24(40)13-5-3-2-4-6-13/h2-6,14,16,18,21H,7,9-11H2,1H3,(H,31,41)(H,32,35)(H,37,38)/t14?,16?,18?,21-/m0/s1. The summed E-state index contributed by atoms with van der Waals surface area (Å²) in [6.07, 6.45) is -1.60. The third kappa shape index (κ3) is 9.47. The van der Waals surface area contributed by atoms with Crippen molar-refractivity contribution in [3.05, 3.63) is 47.2 Å². The van der Waals surface area contributed by atoms with Crippen LogP contribution in [0.2, 0.25) is 0 Å². The van der Waals surface area contributed by atoms with Gasteiger partial charge < -0.3 is 30.0 Å². The molecule has 0 aromatic heterocycles. The summed E-state index contributed by atoms with van der Waals surface area (Å²) < 4.78 is 12.5. The first-order valence-electron chi connectivity index (χ1n) is 12.7. The summed E-state index contributed by atoms with van der Waals surface area (Å²) in [7, 11) is 0. The molecule has 15 nitrogen and oxygen atoms in total. The van der Waals surface area contributed by atoms with Gasteiger partial charge in [0.15, 0.2) is 0 Å². The largest absolute Gasteiger partial charge is 0.477 e. The fourth-order valence-electron chi connectivity index (χ4n) is 4.11. The van der Waals surface area contributed by atoms with Crippen molar-refractivity contribution in [2.75, 3.05) is 19.8 Å². The minimum atomic E-state index is -1.96. The quantitative estimate of drug-likeness (QED) is 0.0982. The van der Waals surface area contributed by atoms with Crippen LogP contribution in [0.15, 0.2) is 41.6 Å². The highest BCUT2D eigenvalue weighted by molar-refractivity contribution is 8.00. The monoisotopic (exact) mass is 704 g/mol. The average Bonchev–Trinajstić information content (AvgIpc) is 2.98. The van der Waals surface area contributed by atoms with Crippen LogP contribution >= 0.6 is 46.6 Å². The molecule has 45 heavy (non-hydrogen) atoms. The molecule has 0 aliphatic carbocycles. The number of hydrogen-bond donors (Lipinski definition) is 3. The Morgan fingerprint density at radius 2 is 1.80 bits per heavy atom. The van der Waals surface area contributed by atoms with Gasteiger partial charge in [-0.1, -0.05) is 53.0 Å². The molecule has 1 fully saturated rings. The fourth-order valence-corrected chi connectivity index (χ4v) is 5.93. The zero-order valence-electron chi connectivity index (χ0n) is 23.0. The average molecular weight is 706 g/mol. The minimum Gasteiger partial charge on any atom is -0.477 e. The smallest absolute Gasteiger partial charge is 0.415 e. The number of nitrogens with one attached hydrogen (secondary N) is 2. The molecule has 4 atom stereocenters. The summed E-state index contributed by atoms with van der Waals surface area (Å²) in [5.74, 6) is -7.61. The number of ether oxygens (including phenoxy) is 3. The topological polar surface area (TPSA) is 218 Å². The van der Waals surface area contributed by atoms with Gasteiger partial charge >= 0.3 is 30.0 Å². The Morgan fingerprint density at radius 3 is 2.38 bits per heavy atom. The Bertz CT molecular complexity index is 1460. The van der Waals surface area contributed by atoms with Crippen LogP contribution in [0, 0.1) is 17.2 Å². The molecule has 2 heterocycles. The number of amides is 3. The number of thioether (sulfide) groups is 1. The molecule has 0 saturated carbocycles. The van der Waals surface area contributed by atoms with Crippen LogP contribution in [0.25, 0.3) is 0 Å². The van der Waals surface area contributed by atoms with E-state index in [1.54, 1.807) is 24.3 Å². The molecule has 0 radical (unpaired) electrons. The van der Waals surface area contributed by atoms with Gasteiger partial charge in [-0.2, -0.15) is 5.26 Å². The van der Waals surface area contributed by atoms with Gasteiger partial charge in [0.2, 0.25) is 9.70 Å². The van der Waals surface area contributed by atoms with Crippen LogP contribution < -0.4 is 10.6 Å². The minimum absolute atomic E-state index is 0.0843. The van der Waals surface area contributed by atoms with Gasteiger partial charge in [0.1, 0.15) is 42.8 Å². The molecule has 19 heteroatoms. The Balaban J connectivity index is 1.74. The van der Waals surface area contributed by atoms with Gasteiger partial charge in [-0.15, -0.1) is 11.8 Å². The van der Waals surface area contributed by atoms with Crippen LogP contribution in [-0.4, -0.2) is 92.0 Å². The van der Waals surface area contributed by atoms with Crippen LogP contribution in [-0.2, 0) is 38.2 Å². The highest BCUT2D eigenvalue weighted by Gasteiger charge is 2.56. The second kappa shape index (κ2) is 15.3. The van der Waals surface area contributed by atoms with Crippen LogP contribution in [0.4, 0.5) is 4.79 Å². The number of carboxylic acid groups (broad SMARTS) is 1. The lowest BCUT2D eigenvalue weighted by Gasteiger charge is -2.51. The van der Waals surface area contributed by atoms with E-state index in [1.807, 2.05) is 0 Å². The van der Waals surface area contributed by atoms with Crippen molar-refractivity contribution in [3.63, 3.8) is 0 Å². The molecule has 0 spiro atoms. The molecule has 1 aromatic carbocycles. The number of halogens is 3. The van der Waals surface area contributed by atoms with Crippen LogP contribution in [0.1, 0.15) is 23.7 Å². The lowest BCUT2D eigenvalue weighted by molar-refractivity contribution is -0.151. The van der Waals surface area contributed by atoms with E-state index >= 15 is 0 Å². The van der Waals surface area contributed by atoms with Crippen molar-refractivity contribution < 1.29 is 52.9 Å². The Morgan fingerprint density at radius 1 is 1.13 bits per heavy atom. The molecule has 3 amide bonds. The molecule has 1 saturated heterocycles. The van der Waals surface area contributed by atoms with E-state index < -0.39 is 93.6 Å². The van der Waals surface area contributed by atoms with Crippen LogP contribution in [0.5, 0.6) is 0 Å². The van der Waals surface area contributed by atoms with Crippen molar-refractivity contribution in [1.29, 1.82) is 5.26 Å². The normalized spacial score (nSPS) is 19.6. The molecule has 2 aliphatic rings. The number of carboxylic acids is 1. The molecule has 0 bridgehead atoms. The molecular formula is C26H23Cl3N4O11S. The van der Waals surface area contributed by atoms with E-state index in [-0.39, 0.29) is 17.6 Å². The number of rotatable bonds is 11. The van der Waals surface area contributed by atoms with Gasteiger partial charge in [0.05, 0.1) is 11.6 Å². The highest BCUT2D eigenvalue weighted by Crippen LogP contribution is 2.46. The van der Waals surface area contributed by atoms with E-state index in [1.165, 1.54) is 12.1 Å². The lowest BCUT2D eigenvalue weighted by atomic mass is 9.95. The number of alkyl carbamates (subject to hydrolysis) is 1. The number of hydrogen-bond acceptors (Lipinski definition) is 12. The third-order valence-electron chi connectivity index (χ3n) is 6.09. The van der Waals surface area contributed by atoms with Crippen molar-refractivity contribution in [2.45, 2.75) is 33.8 Å². The van der Waals surface area contributed by atoms with Crippen molar-refractivity contribution in [2.24, 2.45) is 5.92 Å². The highest BCUT2D eigenvalue weighted by atomic mass is 35.6. The van der Waals surface area contributed by atoms with E-state index in [2.05, 4.69) is 15.4 Å². The molecule has 1 aromatic rings. The van der Waals surface area contributed by atoms with E-state index in [0.717, 1.165) is 23.6 Å². The van der Waals surface area contributed by atoms with Gasteiger partial charge in [0.25, 0.3) is 5.91 Å². The summed E-state index contributed by atoms with van der Waals surface area (Å²) in [5, 5.41) is 22.0. The maximum atomic E-state index is 13.0. The molecular weight excluding hydrogens is 683 g/mol. The second-order valence-electron chi connectivity index (χ2n) is 9.26. The predicted octanol–water partition coefficient (Wildman–Crippen LogP) is 1.67. The van der Waals surface area contributed by atoms with Crippen molar-refractivity contribution >= 4 is 88.3 Å². The lowest BCUT2D eigenvalue weighted by Crippen LogP contribution is -2.71. The van der Waals surface area contributed by atoms with E-state index in [9.17, 15) is 43.9 Å². The zero-order chi connectivity index (χ0) is 33.5. The van der Waals surface area contributed by atoms with Crippen molar-refractivity contribution in [3.8, 4) is 6.07 Å². The predicted molar refractivity (Wildman–Crippen MR) is 155 cm³/mol. The van der Waals surface area contributed by atoms with Crippen molar-refractivity contribution in [1.82, 2.24) is 15.5 Å². The van der Waals surface area contributed by atoms with Gasteiger partial charge in [-0.25, -0.2) is 14.4 Å². The molecule has 3 N–H and O–H groups in total. The summed E-state index contributed by atoms with van der Waals surface area (Å²) in [6.45, 7) is -0.902. The Kier molecular flexibility index (Phi) is 12.1. The SMILES string of the molecule is CC(=O)OCC1=C(C(=O)O)N2C(=O)C(NC(=O)CNC(=O)OC(=O)c3ccccc3)[C@@H]2SC1CC(C#N)C(=O)OCC(Cl)(Cl)Cl. The first-order chi connectivity index (χ1) is 21.1. The maximum absolute atomic E-state index is 13.0. The summed E-state index contributed by atoms with van der Waals surface area (Å²) in [5.41, 5.74) is -0.555. The number of carbonyl (C=O) groups excluding carboxylic acids is 6. The molecule has 240 valence electrons. The summed E-state index contributed by atoms with van der Waals surface area (Å²) in [6, 6.07) is 8.02. The Hall–Kier alpha value is -4.04. The Labute approximate surface area is 274 Å². The number of carbonyl (C=O) groups is 7. The maximum Gasteiger partial charge on any atom is 0.415 e. The summed E-state index contributed by atoms with van der Waals surface area (Å²) >= 11 is 17.7.